The molecule has 22 heavy (non-hydrogen) atoms. The lowest BCUT2D eigenvalue weighted by Crippen LogP contribution is -2.57. The van der Waals surface area contributed by atoms with Crippen LogP contribution in [0.5, 0.6) is 17.2 Å². The molecule has 1 aromatic carbocycles. The molecule has 1 aliphatic heterocycles. The molecule has 0 saturated heterocycles. The van der Waals surface area contributed by atoms with Gasteiger partial charge in [0.15, 0.2) is 11.5 Å². The first kappa shape index (κ1) is 16.9. The van der Waals surface area contributed by atoms with Crippen LogP contribution in [-0.4, -0.2) is 49.0 Å². The van der Waals surface area contributed by atoms with E-state index in [1.807, 2.05) is 19.9 Å². The lowest BCUT2D eigenvalue weighted by Gasteiger charge is -2.47. The normalized spacial score (nSPS) is 22.9. The third-order valence-electron chi connectivity index (χ3n) is 4.42. The number of aliphatic hydroxyl groups excluding tert-OH is 1. The highest BCUT2D eigenvalue weighted by molar-refractivity contribution is 5.53. The molecule has 0 aliphatic carbocycles. The molecule has 2 rings (SSSR count). The second-order valence-electron chi connectivity index (χ2n) is 6.06. The van der Waals surface area contributed by atoms with Crippen LogP contribution < -0.4 is 14.2 Å². The van der Waals surface area contributed by atoms with Gasteiger partial charge in [-0.2, -0.15) is 0 Å². The first-order chi connectivity index (χ1) is 10.4. The molecule has 5 nitrogen and oxygen atoms in total. The third kappa shape index (κ3) is 2.75. The lowest BCUT2D eigenvalue weighted by atomic mass is 9.84. The molecule has 1 heterocycles. The number of aliphatic hydroxyl groups is 1. The van der Waals surface area contributed by atoms with Gasteiger partial charge in [-0.25, -0.2) is 0 Å². The second-order valence-corrected chi connectivity index (χ2v) is 6.06. The van der Waals surface area contributed by atoms with E-state index in [0.717, 1.165) is 18.7 Å². The van der Waals surface area contributed by atoms with Crippen LogP contribution in [0.1, 0.15) is 39.4 Å². The summed E-state index contributed by atoms with van der Waals surface area (Å²) in [4.78, 5) is 2.23. The van der Waals surface area contributed by atoms with Crippen molar-refractivity contribution in [3.8, 4) is 17.2 Å². The Morgan fingerprint density at radius 2 is 1.68 bits per heavy atom. The molecule has 0 amide bonds. The highest BCUT2D eigenvalue weighted by atomic mass is 16.5. The predicted molar refractivity (Wildman–Crippen MR) is 85.9 cm³/mol. The number of ether oxygens (including phenoxy) is 3. The summed E-state index contributed by atoms with van der Waals surface area (Å²) < 4.78 is 16.9. The van der Waals surface area contributed by atoms with Crippen molar-refractivity contribution < 1.29 is 19.3 Å². The monoisotopic (exact) mass is 309 g/mol. The van der Waals surface area contributed by atoms with E-state index in [4.69, 9.17) is 14.2 Å². The number of hydrogen-bond acceptors (Lipinski definition) is 5. The zero-order valence-corrected chi connectivity index (χ0v) is 14.3. The first-order valence-corrected chi connectivity index (χ1v) is 7.76. The van der Waals surface area contributed by atoms with E-state index in [1.165, 1.54) is 0 Å². The molecule has 2 atom stereocenters. The van der Waals surface area contributed by atoms with Crippen LogP contribution in [0.15, 0.2) is 12.1 Å². The van der Waals surface area contributed by atoms with Gasteiger partial charge in [0.2, 0.25) is 0 Å². The Balaban J connectivity index is 2.52. The largest absolute Gasteiger partial charge is 0.493 e. The highest BCUT2D eigenvalue weighted by Crippen LogP contribution is 2.46. The zero-order valence-electron chi connectivity index (χ0n) is 14.3. The molecule has 0 bridgehead atoms. The molecule has 5 heteroatoms. The van der Waals surface area contributed by atoms with Crippen LogP contribution in [-0.2, 0) is 0 Å². The Kier molecular flexibility index (Phi) is 4.87. The van der Waals surface area contributed by atoms with Crippen LogP contribution in [0.3, 0.4) is 0 Å². The maximum atomic E-state index is 11.0. The molecule has 0 spiro atoms. The van der Waals surface area contributed by atoms with Gasteiger partial charge in [-0.3, -0.25) is 4.90 Å². The van der Waals surface area contributed by atoms with Crippen LogP contribution in [0, 0.1) is 0 Å². The van der Waals surface area contributed by atoms with Crippen molar-refractivity contribution in [1.29, 1.82) is 0 Å². The highest BCUT2D eigenvalue weighted by Gasteiger charge is 2.46. The Morgan fingerprint density at radius 3 is 2.18 bits per heavy atom. The van der Waals surface area contributed by atoms with Crippen LogP contribution in [0.25, 0.3) is 0 Å². The molecular weight excluding hydrogens is 282 g/mol. The van der Waals surface area contributed by atoms with Gasteiger partial charge in [0, 0.05) is 11.6 Å². The van der Waals surface area contributed by atoms with Gasteiger partial charge in [-0.05, 0) is 33.0 Å². The Morgan fingerprint density at radius 1 is 1.14 bits per heavy atom. The van der Waals surface area contributed by atoms with Crippen LogP contribution in [0.2, 0.25) is 0 Å². The van der Waals surface area contributed by atoms with E-state index in [1.54, 1.807) is 20.3 Å². The number of rotatable bonds is 5. The summed E-state index contributed by atoms with van der Waals surface area (Å²) in [6.07, 6.45) is -0.640. The molecule has 124 valence electrons. The molecule has 0 fully saturated rings. The third-order valence-corrected chi connectivity index (χ3v) is 4.42. The van der Waals surface area contributed by atoms with E-state index in [0.29, 0.717) is 17.2 Å². The minimum Gasteiger partial charge on any atom is -0.493 e. The first-order valence-electron chi connectivity index (χ1n) is 7.76. The topological polar surface area (TPSA) is 51.2 Å². The van der Waals surface area contributed by atoms with Crippen LogP contribution >= 0.6 is 0 Å². The number of benzene rings is 1. The molecule has 0 aromatic heterocycles. The molecule has 1 N–H and O–H groups in total. The summed E-state index contributed by atoms with van der Waals surface area (Å²) in [6.45, 7) is 9.92. The minimum atomic E-state index is -0.640. The van der Waals surface area contributed by atoms with Crippen molar-refractivity contribution >= 4 is 0 Å². The molecule has 1 aromatic rings. The van der Waals surface area contributed by atoms with Gasteiger partial charge in [-0.15, -0.1) is 0 Å². The summed E-state index contributed by atoms with van der Waals surface area (Å²) in [7, 11) is 3.18. The van der Waals surface area contributed by atoms with Crippen LogP contribution in [0.4, 0.5) is 0 Å². The molecule has 0 saturated carbocycles. The van der Waals surface area contributed by atoms with Crippen molar-refractivity contribution in [3.05, 3.63) is 17.7 Å². The average Bonchev–Trinajstić information content (AvgIpc) is 2.49. The summed E-state index contributed by atoms with van der Waals surface area (Å²) in [5.41, 5.74) is 0.242. The second kappa shape index (κ2) is 6.34. The zero-order chi connectivity index (χ0) is 16.5. The van der Waals surface area contributed by atoms with E-state index in [-0.39, 0.29) is 6.04 Å². The predicted octanol–water partition coefficient (Wildman–Crippen LogP) is 2.62. The molecule has 0 radical (unpaired) electrons. The summed E-state index contributed by atoms with van der Waals surface area (Å²) in [5.74, 6) is 1.85. The van der Waals surface area contributed by atoms with E-state index in [2.05, 4.69) is 18.7 Å². The Bertz CT molecular complexity index is 526. The number of hydrogen-bond donors (Lipinski definition) is 1. The number of fused-ring (bicyclic) bond motifs is 1. The standard InChI is InChI=1S/C17H27NO4/c1-7-18(8-2)16-15(19)11-9-13(20-5)14(21-6)10-12(11)22-17(16,3)4/h9-10,15-16,19H,7-8H2,1-6H3. The smallest absolute Gasteiger partial charge is 0.164 e. The fourth-order valence-corrected chi connectivity index (χ4v) is 3.35. The maximum Gasteiger partial charge on any atom is 0.164 e. The van der Waals surface area contributed by atoms with Crippen molar-refractivity contribution in [2.45, 2.75) is 45.4 Å². The summed E-state index contributed by atoms with van der Waals surface area (Å²) >= 11 is 0. The summed E-state index contributed by atoms with van der Waals surface area (Å²) in [6, 6.07) is 3.48. The fourth-order valence-electron chi connectivity index (χ4n) is 3.35. The number of likely N-dealkylation sites (N-methyl/N-ethyl adjacent to an activating group) is 1. The van der Waals surface area contributed by atoms with Crippen molar-refractivity contribution in [2.24, 2.45) is 0 Å². The van der Waals surface area contributed by atoms with Crippen molar-refractivity contribution in [1.82, 2.24) is 4.90 Å². The Labute approximate surface area is 132 Å². The van der Waals surface area contributed by atoms with Gasteiger partial charge < -0.3 is 19.3 Å². The lowest BCUT2D eigenvalue weighted by molar-refractivity contribution is -0.0800. The Hall–Kier alpha value is -1.46. The van der Waals surface area contributed by atoms with Gasteiger partial charge in [0.05, 0.1) is 20.3 Å². The van der Waals surface area contributed by atoms with Gasteiger partial charge >= 0.3 is 0 Å². The quantitative estimate of drug-likeness (QED) is 0.906. The van der Waals surface area contributed by atoms with Crippen molar-refractivity contribution in [3.63, 3.8) is 0 Å². The number of methoxy groups -OCH3 is 2. The van der Waals surface area contributed by atoms with Gasteiger partial charge in [0.25, 0.3) is 0 Å². The SMILES string of the molecule is CCN(CC)C1C(O)c2cc(OC)c(OC)cc2OC1(C)C. The minimum absolute atomic E-state index is 0.117. The average molecular weight is 309 g/mol. The number of nitrogens with zero attached hydrogens (tertiary/aromatic N) is 1. The maximum absolute atomic E-state index is 11.0. The van der Waals surface area contributed by atoms with Gasteiger partial charge in [0.1, 0.15) is 17.5 Å². The molecule has 2 unspecified atom stereocenters. The van der Waals surface area contributed by atoms with E-state index < -0.39 is 11.7 Å². The van der Waals surface area contributed by atoms with Crippen molar-refractivity contribution in [2.75, 3.05) is 27.3 Å². The summed E-state index contributed by atoms with van der Waals surface area (Å²) in [5, 5.41) is 11.0. The van der Waals surface area contributed by atoms with E-state index >= 15 is 0 Å². The van der Waals surface area contributed by atoms with Gasteiger partial charge in [-0.1, -0.05) is 13.8 Å². The molecule has 1 aliphatic rings. The van der Waals surface area contributed by atoms with E-state index in [9.17, 15) is 5.11 Å². The fraction of sp³-hybridized carbons (Fsp3) is 0.647. The molecular formula is C17H27NO4.